The van der Waals surface area contributed by atoms with Crippen molar-refractivity contribution in [1.82, 2.24) is 30.3 Å². The number of rotatable bonds is 6. The average molecular weight is 497 g/mol. The van der Waals surface area contributed by atoms with Crippen molar-refractivity contribution in [3.05, 3.63) is 47.5 Å². The molecular formula is C20H32IN7. The maximum absolute atomic E-state index is 4.26. The van der Waals surface area contributed by atoms with Crippen LogP contribution in [0.4, 0.5) is 0 Å². The van der Waals surface area contributed by atoms with Crippen LogP contribution in [0.2, 0.25) is 0 Å². The molecule has 1 aliphatic heterocycles. The van der Waals surface area contributed by atoms with Crippen molar-refractivity contribution in [3.8, 4) is 0 Å². The van der Waals surface area contributed by atoms with Gasteiger partial charge in [-0.2, -0.15) is 5.10 Å². The minimum Gasteiger partial charge on any atom is -0.352 e. The molecule has 3 rings (SSSR count). The van der Waals surface area contributed by atoms with Crippen molar-refractivity contribution in [2.45, 2.75) is 39.4 Å². The summed E-state index contributed by atoms with van der Waals surface area (Å²) in [5.74, 6) is 2.45. The van der Waals surface area contributed by atoms with Gasteiger partial charge in [-0.25, -0.2) is 4.98 Å². The standard InChI is InChI=1S/C20H31N7.HI/c1-16-5-4-10-27(13-16)14-18-8-6-17(7-9-18)11-22-20(21-2)23-12-19-24-15-25-26(19)3;/h6-9,15-16H,4-5,10-14H2,1-3H3,(H2,21,22,23);1H. The topological polar surface area (TPSA) is 70.4 Å². The van der Waals surface area contributed by atoms with Crippen molar-refractivity contribution in [2.24, 2.45) is 18.0 Å². The molecule has 8 heteroatoms. The van der Waals surface area contributed by atoms with Gasteiger partial charge in [0.1, 0.15) is 12.2 Å². The fourth-order valence-corrected chi connectivity index (χ4v) is 3.50. The third-order valence-electron chi connectivity index (χ3n) is 5.07. The molecule has 1 fully saturated rings. The van der Waals surface area contributed by atoms with Crippen LogP contribution >= 0.6 is 24.0 Å². The first-order chi connectivity index (χ1) is 13.1. The molecule has 1 saturated heterocycles. The number of aliphatic imine (C=N–C) groups is 1. The normalized spacial score (nSPS) is 17.8. The summed E-state index contributed by atoms with van der Waals surface area (Å²) in [5, 5.41) is 10.7. The molecule has 1 unspecified atom stereocenters. The Morgan fingerprint density at radius 1 is 1.18 bits per heavy atom. The van der Waals surface area contributed by atoms with Crippen molar-refractivity contribution in [1.29, 1.82) is 0 Å². The summed E-state index contributed by atoms with van der Waals surface area (Å²) in [6, 6.07) is 8.88. The molecular weight excluding hydrogens is 465 g/mol. The van der Waals surface area contributed by atoms with E-state index in [1.807, 2.05) is 7.05 Å². The van der Waals surface area contributed by atoms with Gasteiger partial charge in [-0.15, -0.1) is 24.0 Å². The number of nitrogens with one attached hydrogen (secondary N) is 2. The number of likely N-dealkylation sites (tertiary alicyclic amines) is 1. The van der Waals surface area contributed by atoms with Gasteiger partial charge in [-0.05, 0) is 36.4 Å². The van der Waals surface area contributed by atoms with Gasteiger partial charge >= 0.3 is 0 Å². The monoisotopic (exact) mass is 497 g/mol. The lowest BCUT2D eigenvalue weighted by Gasteiger charge is -2.30. The highest BCUT2D eigenvalue weighted by atomic mass is 127. The Bertz CT molecular complexity index is 741. The number of benzene rings is 1. The van der Waals surface area contributed by atoms with Crippen molar-refractivity contribution in [3.63, 3.8) is 0 Å². The molecule has 1 aromatic carbocycles. The minimum atomic E-state index is 0. The molecule has 0 saturated carbocycles. The zero-order valence-electron chi connectivity index (χ0n) is 17.1. The second-order valence-electron chi connectivity index (χ2n) is 7.38. The molecule has 2 aromatic rings. The van der Waals surface area contributed by atoms with Crippen LogP contribution in [0.25, 0.3) is 0 Å². The van der Waals surface area contributed by atoms with E-state index in [1.165, 1.54) is 37.1 Å². The lowest BCUT2D eigenvalue weighted by atomic mass is 9.99. The van der Waals surface area contributed by atoms with Gasteiger partial charge in [0.15, 0.2) is 5.96 Å². The SMILES string of the molecule is CN=C(NCc1ccc(CN2CCCC(C)C2)cc1)NCc1ncnn1C.I. The summed E-state index contributed by atoms with van der Waals surface area (Å²) in [4.78, 5) is 11.0. The molecule has 7 nitrogen and oxygen atoms in total. The molecule has 28 heavy (non-hydrogen) atoms. The summed E-state index contributed by atoms with van der Waals surface area (Å²) in [7, 11) is 3.65. The maximum Gasteiger partial charge on any atom is 0.191 e. The van der Waals surface area contributed by atoms with Gasteiger partial charge in [-0.1, -0.05) is 31.2 Å². The van der Waals surface area contributed by atoms with E-state index in [0.29, 0.717) is 6.54 Å². The first-order valence-corrected chi connectivity index (χ1v) is 9.71. The summed E-state index contributed by atoms with van der Waals surface area (Å²) in [6.45, 7) is 7.17. The van der Waals surface area contributed by atoms with Crippen molar-refractivity contribution >= 4 is 29.9 Å². The summed E-state index contributed by atoms with van der Waals surface area (Å²) < 4.78 is 1.75. The second-order valence-corrected chi connectivity index (χ2v) is 7.38. The Morgan fingerprint density at radius 3 is 2.54 bits per heavy atom. The number of aryl methyl sites for hydroxylation is 1. The molecule has 1 aromatic heterocycles. The number of hydrogen-bond donors (Lipinski definition) is 2. The van der Waals surface area contributed by atoms with E-state index in [9.17, 15) is 0 Å². The van der Waals surface area contributed by atoms with Gasteiger partial charge in [0.25, 0.3) is 0 Å². The predicted octanol–water partition coefficient (Wildman–Crippen LogP) is 2.53. The number of nitrogens with zero attached hydrogens (tertiary/aromatic N) is 5. The lowest BCUT2D eigenvalue weighted by Crippen LogP contribution is -2.37. The number of guanidine groups is 1. The van der Waals surface area contributed by atoms with Gasteiger partial charge in [-0.3, -0.25) is 14.6 Å². The van der Waals surface area contributed by atoms with Gasteiger partial charge in [0, 0.05) is 33.7 Å². The Hall–Kier alpha value is -1.68. The van der Waals surface area contributed by atoms with Gasteiger partial charge < -0.3 is 10.6 Å². The van der Waals surface area contributed by atoms with Crippen LogP contribution in [0, 0.1) is 5.92 Å². The van der Waals surface area contributed by atoms with Crippen LogP contribution in [-0.2, 0) is 26.7 Å². The summed E-state index contributed by atoms with van der Waals surface area (Å²) >= 11 is 0. The van der Waals surface area contributed by atoms with Crippen molar-refractivity contribution in [2.75, 3.05) is 20.1 Å². The number of aromatic nitrogens is 3. The Labute approximate surface area is 185 Å². The van der Waals surface area contributed by atoms with Crippen LogP contribution in [0.15, 0.2) is 35.6 Å². The smallest absolute Gasteiger partial charge is 0.191 e. The maximum atomic E-state index is 4.26. The highest BCUT2D eigenvalue weighted by molar-refractivity contribution is 14.0. The Balaban J connectivity index is 0.00000280. The molecule has 0 spiro atoms. The summed E-state index contributed by atoms with van der Waals surface area (Å²) in [5.41, 5.74) is 2.63. The van der Waals surface area contributed by atoms with E-state index < -0.39 is 0 Å². The molecule has 2 N–H and O–H groups in total. The van der Waals surface area contributed by atoms with E-state index in [0.717, 1.165) is 30.8 Å². The van der Waals surface area contributed by atoms with E-state index in [4.69, 9.17) is 0 Å². The lowest BCUT2D eigenvalue weighted by molar-refractivity contribution is 0.176. The van der Waals surface area contributed by atoms with Crippen LogP contribution in [-0.4, -0.2) is 45.8 Å². The molecule has 1 aliphatic rings. The van der Waals surface area contributed by atoms with E-state index in [1.54, 1.807) is 18.1 Å². The fourth-order valence-electron chi connectivity index (χ4n) is 3.50. The largest absolute Gasteiger partial charge is 0.352 e. The molecule has 0 bridgehead atoms. The fraction of sp³-hybridized carbons (Fsp3) is 0.550. The number of halogens is 1. The number of piperidine rings is 1. The van der Waals surface area contributed by atoms with Crippen LogP contribution in [0.1, 0.15) is 36.7 Å². The molecule has 154 valence electrons. The third-order valence-corrected chi connectivity index (χ3v) is 5.07. The highest BCUT2D eigenvalue weighted by Gasteiger charge is 2.16. The minimum absolute atomic E-state index is 0. The Kier molecular flexibility index (Phi) is 9.17. The van der Waals surface area contributed by atoms with E-state index in [-0.39, 0.29) is 24.0 Å². The van der Waals surface area contributed by atoms with Gasteiger partial charge in [0.2, 0.25) is 0 Å². The first kappa shape index (κ1) is 22.6. The van der Waals surface area contributed by atoms with E-state index in [2.05, 4.69) is 61.8 Å². The van der Waals surface area contributed by atoms with Crippen molar-refractivity contribution < 1.29 is 0 Å². The molecule has 0 aliphatic carbocycles. The zero-order chi connectivity index (χ0) is 19.1. The third kappa shape index (κ3) is 6.73. The van der Waals surface area contributed by atoms with Crippen LogP contribution in [0.3, 0.4) is 0 Å². The average Bonchev–Trinajstić information content (AvgIpc) is 3.08. The summed E-state index contributed by atoms with van der Waals surface area (Å²) in [6.07, 6.45) is 4.25. The molecule has 1 atom stereocenters. The molecule has 2 heterocycles. The van der Waals surface area contributed by atoms with E-state index >= 15 is 0 Å². The number of hydrogen-bond acceptors (Lipinski definition) is 4. The quantitative estimate of drug-likeness (QED) is 0.365. The molecule has 0 radical (unpaired) electrons. The van der Waals surface area contributed by atoms with Crippen LogP contribution in [0.5, 0.6) is 0 Å². The first-order valence-electron chi connectivity index (χ1n) is 9.71. The predicted molar refractivity (Wildman–Crippen MR) is 124 cm³/mol. The highest BCUT2D eigenvalue weighted by Crippen LogP contribution is 2.18. The second kappa shape index (κ2) is 11.4. The zero-order valence-corrected chi connectivity index (χ0v) is 19.4. The molecule has 0 amide bonds. The van der Waals surface area contributed by atoms with Crippen LogP contribution < -0.4 is 10.6 Å². The Morgan fingerprint density at radius 2 is 1.89 bits per heavy atom. The van der Waals surface area contributed by atoms with Gasteiger partial charge in [0.05, 0.1) is 6.54 Å².